The van der Waals surface area contributed by atoms with Gasteiger partial charge in [-0.1, -0.05) is 18.2 Å². The molecule has 1 unspecified atom stereocenters. The van der Waals surface area contributed by atoms with Crippen LogP contribution in [0, 0.1) is 5.92 Å². The van der Waals surface area contributed by atoms with Crippen LogP contribution >= 0.6 is 0 Å². The maximum Gasteiger partial charge on any atom is 0.227 e. The van der Waals surface area contributed by atoms with E-state index in [4.69, 9.17) is 4.74 Å². The van der Waals surface area contributed by atoms with Crippen LogP contribution in [0.3, 0.4) is 0 Å². The van der Waals surface area contributed by atoms with Gasteiger partial charge in [0.1, 0.15) is 5.75 Å². The Balaban J connectivity index is 1.33. The number of amides is 2. The molecule has 6 heteroatoms. The third-order valence-electron chi connectivity index (χ3n) is 5.21. The van der Waals surface area contributed by atoms with E-state index in [0.29, 0.717) is 19.6 Å². The zero-order valence-electron chi connectivity index (χ0n) is 15.8. The number of aromatic nitrogens is 1. The number of benzene rings is 2. The molecule has 1 aromatic heterocycles. The molecule has 144 valence electrons. The van der Waals surface area contributed by atoms with Crippen LogP contribution in [0.1, 0.15) is 6.42 Å². The number of carbonyl (C=O) groups is 2. The first-order valence-electron chi connectivity index (χ1n) is 9.42. The van der Waals surface area contributed by atoms with Crippen LogP contribution in [0.25, 0.3) is 10.9 Å². The van der Waals surface area contributed by atoms with Crippen LogP contribution in [0.2, 0.25) is 0 Å². The molecule has 2 aromatic carbocycles. The lowest BCUT2D eigenvalue weighted by atomic mass is 10.1. The third-order valence-corrected chi connectivity index (χ3v) is 5.21. The molecule has 1 fully saturated rings. The summed E-state index contributed by atoms with van der Waals surface area (Å²) < 4.78 is 7.27. The van der Waals surface area contributed by atoms with Crippen molar-refractivity contribution in [2.24, 2.45) is 5.92 Å². The molecule has 3 aromatic rings. The summed E-state index contributed by atoms with van der Waals surface area (Å²) in [6.45, 7) is 1.64. The Morgan fingerprint density at radius 2 is 1.93 bits per heavy atom. The maximum atomic E-state index is 12.5. The molecule has 1 saturated heterocycles. The number of rotatable bonds is 6. The fraction of sp³-hybridized carbons (Fsp3) is 0.273. The lowest BCUT2D eigenvalue weighted by Gasteiger charge is -2.17. The van der Waals surface area contributed by atoms with Crippen molar-refractivity contribution in [3.8, 4) is 5.75 Å². The van der Waals surface area contributed by atoms with Gasteiger partial charge in [-0.3, -0.25) is 9.59 Å². The number of hydrogen-bond donors (Lipinski definition) is 1. The molecule has 1 N–H and O–H groups in total. The third kappa shape index (κ3) is 3.58. The van der Waals surface area contributed by atoms with Gasteiger partial charge in [0.15, 0.2) is 0 Å². The smallest absolute Gasteiger partial charge is 0.227 e. The van der Waals surface area contributed by atoms with Crippen molar-refractivity contribution >= 4 is 28.4 Å². The van der Waals surface area contributed by atoms with E-state index in [1.54, 1.807) is 12.0 Å². The average Bonchev–Trinajstić information content (AvgIpc) is 3.32. The van der Waals surface area contributed by atoms with Gasteiger partial charge in [0.05, 0.1) is 13.0 Å². The van der Waals surface area contributed by atoms with Gasteiger partial charge in [-0.15, -0.1) is 0 Å². The van der Waals surface area contributed by atoms with Crippen LogP contribution in [-0.2, 0) is 16.1 Å². The normalized spacial score (nSPS) is 16.5. The van der Waals surface area contributed by atoms with E-state index < -0.39 is 0 Å². The highest BCUT2D eigenvalue weighted by Crippen LogP contribution is 2.27. The Bertz CT molecular complexity index is 994. The summed E-state index contributed by atoms with van der Waals surface area (Å²) >= 11 is 0. The van der Waals surface area contributed by atoms with Crippen molar-refractivity contribution in [2.45, 2.75) is 13.0 Å². The average molecular weight is 377 g/mol. The van der Waals surface area contributed by atoms with Crippen LogP contribution in [-0.4, -0.2) is 36.6 Å². The molecule has 0 bridgehead atoms. The largest absolute Gasteiger partial charge is 0.497 e. The number of nitrogens with zero attached hydrogens (tertiary/aromatic N) is 2. The van der Waals surface area contributed by atoms with Crippen molar-refractivity contribution < 1.29 is 14.3 Å². The van der Waals surface area contributed by atoms with E-state index in [-0.39, 0.29) is 24.2 Å². The van der Waals surface area contributed by atoms with Crippen molar-refractivity contribution in [1.29, 1.82) is 0 Å². The second-order valence-electron chi connectivity index (χ2n) is 6.96. The summed E-state index contributed by atoms with van der Waals surface area (Å²) in [4.78, 5) is 26.6. The first-order chi connectivity index (χ1) is 13.7. The SMILES string of the molecule is COc1ccc(N2CC(C(=O)NCCn3ccc4ccccc43)CC2=O)cc1. The van der Waals surface area contributed by atoms with Gasteiger partial charge < -0.3 is 19.5 Å². The number of fused-ring (bicyclic) bond motifs is 1. The molecule has 0 aliphatic carbocycles. The molecule has 1 aliphatic heterocycles. The molecule has 2 amide bonds. The lowest BCUT2D eigenvalue weighted by Crippen LogP contribution is -2.34. The molecule has 0 spiro atoms. The second kappa shape index (κ2) is 7.76. The van der Waals surface area contributed by atoms with E-state index in [1.165, 1.54) is 5.39 Å². The van der Waals surface area contributed by atoms with Crippen molar-refractivity contribution in [3.63, 3.8) is 0 Å². The monoisotopic (exact) mass is 377 g/mol. The zero-order valence-corrected chi connectivity index (χ0v) is 15.8. The minimum atomic E-state index is -0.323. The first kappa shape index (κ1) is 18.1. The minimum absolute atomic E-state index is 0.0262. The minimum Gasteiger partial charge on any atom is -0.497 e. The number of nitrogens with one attached hydrogen (secondary N) is 1. The fourth-order valence-corrected chi connectivity index (χ4v) is 3.67. The van der Waals surface area contributed by atoms with Crippen molar-refractivity contribution in [2.75, 3.05) is 25.1 Å². The summed E-state index contributed by atoms with van der Waals surface area (Å²) in [5.41, 5.74) is 1.94. The molecule has 2 heterocycles. The topological polar surface area (TPSA) is 63.6 Å². The Hall–Kier alpha value is -3.28. The molecule has 1 atom stereocenters. The number of ether oxygens (including phenoxy) is 1. The van der Waals surface area contributed by atoms with Crippen molar-refractivity contribution in [3.05, 3.63) is 60.8 Å². The zero-order chi connectivity index (χ0) is 19.5. The molecule has 28 heavy (non-hydrogen) atoms. The Kier molecular flexibility index (Phi) is 5.02. The number of hydrogen-bond acceptors (Lipinski definition) is 3. The standard InChI is InChI=1S/C22H23N3O3/c1-28-19-8-6-18(7-9-19)25-15-17(14-21(25)26)22(27)23-11-13-24-12-10-16-4-2-3-5-20(16)24/h2-10,12,17H,11,13-15H2,1H3,(H,23,27). The fourth-order valence-electron chi connectivity index (χ4n) is 3.67. The lowest BCUT2D eigenvalue weighted by molar-refractivity contribution is -0.126. The highest BCUT2D eigenvalue weighted by Gasteiger charge is 2.34. The second-order valence-corrected chi connectivity index (χ2v) is 6.96. The molecule has 6 nitrogen and oxygen atoms in total. The Morgan fingerprint density at radius 1 is 1.14 bits per heavy atom. The highest BCUT2D eigenvalue weighted by atomic mass is 16.5. The Morgan fingerprint density at radius 3 is 2.71 bits per heavy atom. The van der Waals surface area contributed by atoms with E-state index in [9.17, 15) is 9.59 Å². The van der Waals surface area contributed by atoms with E-state index >= 15 is 0 Å². The molecule has 1 aliphatic rings. The summed E-state index contributed by atoms with van der Waals surface area (Å²) in [5.74, 6) is 0.320. The van der Waals surface area contributed by atoms with Gasteiger partial charge in [-0.2, -0.15) is 0 Å². The number of carbonyl (C=O) groups excluding carboxylic acids is 2. The van der Waals surface area contributed by atoms with Crippen LogP contribution in [0.15, 0.2) is 60.8 Å². The molecular weight excluding hydrogens is 354 g/mol. The van der Waals surface area contributed by atoms with Gasteiger partial charge in [0, 0.05) is 43.5 Å². The number of para-hydroxylation sites is 1. The predicted octanol–water partition coefficient (Wildman–Crippen LogP) is 2.82. The van der Waals surface area contributed by atoms with E-state index in [1.807, 2.05) is 42.6 Å². The van der Waals surface area contributed by atoms with Gasteiger partial charge in [-0.05, 0) is 41.8 Å². The van der Waals surface area contributed by atoms with E-state index in [0.717, 1.165) is 17.0 Å². The quantitative estimate of drug-likeness (QED) is 0.718. The van der Waals surface area contributed by atoms with Crippen LogP contribution in [0.5, 0.6) is 5.75 Å². The van der Waals surface area contributed by atoms with Gasteiger partial charge in [0.2, 0.25) is 11.8 Å². The maximum absolute atomic E-state index is 12.5. The first-order valence-corrected chi connectivity index (χ1v) is 9.42. The summed E-state index contributed by atoms with van der Waals surface area (Å²) in [7, 11) is 1.60. The Labute approximate surface area is 163 Å². The molecule has 0 radical (unpaired) electrons. The summed E-state index contributed by atoms with van der Waals surface area (Å²) in [5, 5.41) is 4.17. The van der Waals surface area contributed by atoms with Gasteiger partial charge in [0.25, 0.3) is 0 Å². The number of anilines is 1. The molecule has 0 saturated carbocycles. The predicted molar refractivity (Wildman–Crippen MR) is 108 cm³/mol. The van der Waals surface area contributed by atoms with Gasteiger partial charge in [-0.25, -0.2) is 0 Å². The highest BCUT2D eigenvalue weighted by molar-refractivity contribution is 6.00. The van der Waals surface area contributed by atoms with Gasteiger partial charge >= 0.3 is 0 Å². The summed E-state index contributed by atoms with van der Waals surface area (Å²) in [6.07, 6.45) is 2.27. The van der Waals surface area contributed by atoms with E-state index in [2.05, 4.69) is 28.1 Å². The molecule has 4 rings (SSSR count). The summed E-state index contributed by atoms with van der Waals surface area (Å²) in [6, 6.07) is 17.5. The van der Waals surface area contributed by atoms with Crippen LogP contribution in [0.4, 0.5) is 5.69 Å². The molecular formula is C22H23N3O3. The number of methoxy groups -OCH3 is 1. The van der Waals surface area contributed by atoms with Crippen molar-refractivity contribution in [1.82, 2.24) is 9.88 Å². The van der Waals surface area contributed by atoms with Crippen LogP contribution < -0.4 is 15.0 Å².